The number of aliphatic hydroxyl groups excluding tert-OH is 1. The molecule has 0 radical (unpaired) electrons. The summed E-state index contributed by atoms with van der Waals surface area (Å²) in [5, 5.41) is 11.1. The highest BCUT2D eigenvalue weighted by molar-refractivity contribution is 6.31. The summed E-state index contributed by atoms with van der Waals surface area (Å²) in [5.74, 6) is 0. The molecule has 0 unspecified atom stereocenters. The first-order chi connectivity index (χ1) is 6.65. The van der Waals surface area contributed by atoms with Crippen molar-refractivity contribution < 1.29 is 5.11 Å². The third-order valence-corrected chi connectivity index (χ3v) is 2.95. The molecule has 1 aromatic heterocycles. The number of rotatable bonds is 1. The molecule has 1 aromatic carbocycles. The number of benzene rings is 1. The zero-order chi connectivity index (χ0) is 10.3. The second kappa shape index (κ2) is 3.30. The molecule has 74 valence electrons. The monoisotopic (exact) mass is 209 g/mol. The van der Waals surface area contributed by atoms with Crippen molar-refractivity contribution in [1.29, 1.82) is 0 Å². The number of aromatic nitrogens is 1. The smallest absolute Gasteiger partial charge is 0.0835 e. The molecular formula is C11H12ClNO. The highest BCUT2D eigenvalue weighted by Crippen LogP contribution is 2.27. The highest BCUT2D eigenvalue weighted by Gasteiger charge is 2.10. The van der Waals surface area contributed by atoms with Gasteiger partial charge in [0.05, 0.1) is 6.61 Å². The lowest BCUT2D eigenvalue weighted by molar-refractivity contribution is 0.272. The van der Waals surface area contributed by atoms with Crippen molar-refractivity contribution in [3.63, 3.8) is 0 Å². The summed E-state index contributed by atoms with van der Waals surface area (Å²) in [5.41, 5.74) is 3.16. The normalized spacial score (nSPS) is 11.1. The van der Waals surface area contributed by atoms with Gasteiger partial charge in [0.25, 0.3) is 0 Å². The molecular weight excluding hydrogens is 198 g/mol. The van der Waals surface area contributed by atoms with Crippen LogP contribution in [0.15, 0.2) is 18.2 Å². The van der Waals surface area contributed by atoms with E-state index in [4.69, 9.17) is 11.6 Å². The van der Waals surface area contributed by atoms with Crippen LogP contribution in [0.25, 0.3) is 10.9 Å². The van der Waals surface area contributed by atoms with Gasteiger partial charge in [-0.05, 0) is 30.7 Å². The zero-order valence-electron chi connectivity index (χ0n) is 8.21. The molecule has 0 aliphatic carbocycles. The van der Waals surface area contributed by atoms with Crippen molar-refractivity contribution in [2.24, 2.45) is 7.05 Å². The van der Waals surface area contributed by atoms with E-state index in [0.29, 0.717) is 0 Å². The molecule has 3 heteroatoms. The molecule has 14 heavy (non-hydrogen) atoms. The summed E-state index contributed by atoms with van der Waals surface area (Å²) in [7, 11) is 1.95. The summed E-state index contributed by atoms with van der Waals surface area (Å²) >= 11 is 5.92. The van der Waals surface area contributed by atoms with Gasteiger partial charge in [-0.1, -0.05) is 11.6 Å². The van der Waals surface area contributed by atoms with E-state index in [1.165, 1.54) is 0 Å². The molecule has 0 saturated carbocycles. The molecule has 2 aromatic rings. The van der Waals surface area contributed by atoms with Gasteiger partial charge in [-0.15, -0.1) is 0 Å². The Kier molecular flexibility index (Phi) is 2.25. The van der Waals surface area contributed by atoms with Gasteiger partial charge >= 0.3 is 0 Å². The minimum Gasteiger partial charge on any atom is -0.390 e. The molecule has 0 saturated heterocycles. The van der Waals surface area contributed by atoms with Gasteiger partial charge in [0, 0.05) is 28.7 Å². The van der Waals surface area contributed by atoms with Gasteiger partial charge in [-0.25, -0.2) is 0 Å². The summed E-state index contributed by atoms with van der Waals surface area (Å²) in [6, 6.07) is 5.78. The Hall–Kier alpha value is -0.990. The predicted molar refractivity (Wildman–Crippen MR) is 58.6 cm³/mol. The first kappa shape index (κ1) is 9.56. The van der Waals surface area contributed by atoms with Crippen LogP contribution in [0.1, 0.15) is 11.3 Å². The van der Waals surface area contributed by atoms with Crippen LogP contribution in [0.2, 0.25) is 5.02 Å². The number of aliphatic hydroxyl groups is 1. The summed E-state index contributed by atoms with van der Waals surface area (Å²) in [6.07, 6.45) is 0. The van der Waals surface area contributed by atoms with Crippen molar-refractivity contribution >= 4 is 22.5 Å². The number of hydrogen-bond acceptors (Lipinski definition) is 1. The lowest BCUT2D eigenvalue weighted by atomic mass is 10.1. The SMILES string of the molecule is Cc1c(CO)n(C)c2ccc(Cl)cc12. The Bertz CT molecular complexity index is 487. The minimum atomic E-state index is 0.0641. The minimum absolute atomic E-state index is 0.0641. The van der Waals surface area contributed by atoms with E-state index in [9.17, 15) is 5.11 Å². The first-order valence-corrected chi connectivity index (χ1v) is 4.87. The molecule has 0 atom stereocenters. The van der Waals surface area contributed by atoms with Crippen LogP contribution >= 0.6 is 11.6 Å². The topological polar surface area (TPSA) is 25.2 Å². The summed E-state index contributed by atoms with van der Waals surface area (Å²) in [4.78, 5) is 0. The van der Waals surface area contributed by atoms with E-state index in [2.05, 4.69) is 0 Å². The molecule has 1 heterocycles. The number of aryl methyl sites for hydroxylation is 2. The van der Waals surface area contributed by atoms with Gasteiger partial charge in [0.15, 0.2) is 0 Å². The molecule has 2 rings (SSSR count). The average molecular weight is 210 g/mol. The molecule has 2 nitrogen and oxygen atoms in total. The molecule has 0 bridgehead atoms. The third-order valence-electron chi connectivity index (χ3n) is 2.71. The molecule has 0 spiro atoms. The fourth-order valence-electron chi connectivity index (χ4n) is 1.88. The Morgan fingerprint density at radius 1 is 1.43 bits per heavy atom. The lowest BCUT2D eigenvalue weighted by Gasteiger charge is -2.00. The van der Waals surface area contributed by atoms with Crippen LogP contribution in [0.4, 0.5) is 0 Å². The molecule has 0 fully saturated rings. The lowest BCUT2D eigenvalue weighted by Crippen LogP contribution is -1.96. The Morgan fingerprint density at radius 3 is 2.79 bits per heavy atom. The van der Waals surface area contributed by atoms with Crippen LogP contribution in [0.5, 0.6) is 0 Å². The highest BCUT2D eigenvalue weighted by atomic mass is 35.5. The van der Waals surface area contributed by atoms with Gasteiger partial charge in [-0.2, -0.15) is 0 Å². The van der Waals surface area contributed by atoms with E-state index in [1.54, 1.807) is 0 Å². The van der Waals surface area contributed by atoms with E-state index in [1.807, 2.05) is 36.7 Å². The maximum absolute atomic E-state index is 9.22. The zero-order valence-corrected chi connectivity index (χ0v) is 8.97. The fourth-order valence-corrected chi connectivity index (χ4v) is 2.05. The standard InChI is InChI=1S/C11H12ClNO/c1-7-9-5-8(12)3-4-10(9)13(2)11(7)6-14/h3-5,14H,6H2,1-2H3. The van der Waals surface area contributed by atoms with Gasteiger partial charge in [0.1, 0.15) is 0 Å². The van der Waals surface area contributed by atoms with E-state index >= 15 is 0 Å². The van der Waals surface area contributed by atoms with Crippen LogP contribution in [0, 0.1) is 6.92 Å². The van der Waals surface area contributed by atoms with Crippen molar-refractivity contribution in [3.05, 3.63) is 34.5 Å². The maximum atomic E-state index is 9.22. The number of halogens is 1. The maximum Gasteiger partial charge on any atom is 0.0835 e. The molecule has 0 amide bonds. The third kappa shape index (κ3) is 1.22. The average Bonchev–Trinajstić information content (AvgIpc) is 2.39. The van der Waals surface area contributed by atoms with Crippen LogP contribution in [0.3, 0.4) is 0 Å². The van der Waals surface area contributed by atoms with Gasteiger partial charge in [0.2, 0.25) is 0 Å². The Balaban J connectivity index is 2.87. The summed E-state index contributed by atoms with van der Waals surface area (Å²) < 4.78 is 2.00. The number of hydrogen-bond donors (Lipinski definition) is 1. The summed E-state index contributed by atoms with van der Waals surface area (Å²) in [6.45, 7) is 2.07. The van der Waals surface area contributed by atoms with E-state index in [0.717, 1.165) is 27.2 Å². The Labute approximate surface area is 87.7 Å². The van der Waals surface area contributed by atoms with Crippen molar-refractivity contribution in [3.8, 4) is 0 Å². The van der Waals surface area contributed by atoms with Gasteiger partial charge < -0.3 is 9.67 Å². The van der Waals surface area contributed by atoms with Crippen LogP contribution in [-0.4, -0.2) is 9.67 Å². The largest absolute Gasteiger partial charge is 0.390 e. The van der Waals surface area contributed by atoms with Crippen molar-refractivity contribution in [1.82, 2.24) is 4.57 Å². The number of nitrogens with zero attached hydrogens (tertiary/aromatic N) is 1. The quantitative estimate of drug-likeness (QED) is 0.768. The molecule has 0 aliphatic rings. The van der Waals surface area contributed by atoms with Crippen LogP contribution < -0.4 is 0 Å². The second-order valence-electron chi connectivity index (χ2n) is 3.45. The molecule has 1 N–H and O–H groups in total. The first-order valence-electron chi connectivity index (χ1n) is 4.49. The Morgan fingerprint density at radius 2 is 2.14 bits per heavy atom. The second-order valence-corrected chi connectivity index (χ2v) is 3.89. The fraction of sp³-hybridized carbons (Fsp3) is 0.273. The van der Waals surface area contributed by atoms with Gasteiger partial charge in [-0.3, -0.25) is 0 Å². The van der Waals surface area contributed by atoms with Crippen LogP contribution in [-0.2, 0) is 13.7 Å². The number of fused-ring (bicyclic) bond motifs is 1. The van der Waals surface area contributed by atoms with E-state index < -0.39 is 0 Å². The predicted octanol–water partition coefficient (Wildman–Crippen LogP) is 2.63. The molecule has 0 aliphatic heterocycles. The van der Waals surface area contributed by atoms with Crippen molar-refractivity contribution in [2.45, 2.75) is 13.5 Å². The van der Waals surface area contributed by atoms with E-state index in [-0.39, 0.29) is 6.61 Å². The van der Waals surface area contributed by atoms with Crippen molar-refractivity contribution in [2.75, 3.05) is 0 Å².